The molecule has 2 N–H and O–H groups in total. The molecule has 96 valence electrons. The molecule has 0 saturated heterocycles. The number of nitrogens with zero attached hydrogens (tertiary/aromatic N) is 1. The summed E-state index contributed by atoms with van der Waals surface area (Å²) in [4.78, 5) is 2.07. The molecular formula is C14H18N2O2. The van der Waals surface area contributed by atoms with E-state index in [1.807, 2.05) is 38.2 Å². The topological polar surface area (TPSA) is 51.6 Å². The Hall–Kier alpha value is -2.10. The Balaban J connectivity index is 2.17. The Morgan fingerprint density at radius 2 is 2.06 bits per heavy atom. The number of hydrogen-bond donors (Lipinski definition) is 1. The maximum Gasteiger partial charge on any atom is 0.123 e. The van der Waals surface area contributed by atoms with Crippen molar-refractivity contribution in [2.45, 2.75) is 13.5 Å². The number of nitrogens with two attached hydrogens (primary N) is 1. The Morgan fingerprint density at radius 3 is 2.67 bits per heavy atom. The zero-order chi connectivity index (χ0) is 13.1. The molecule has 0 unspecified atom stereocenters. The van der Waals surface area contributed by atoms with Crippen molar-refractivity contribution >= 4 is 11.4 Å². The number of nitrogen functional groups attached to an aromatic ring is 1. The van der Waals surface area contributed by atoms with Crippen LogP contribution in [-0.4, -0.2) is 14.2 Å². The van der Waals surface area contributed by atoms with Crippen LogP contribution < -0.4 is 15.4 Å². The molecule has 1 aromatic carbocycles. The molecule has 18 heavy (non-hydrogen) atoms. The fraction of sp³-hybridized carbons (Fsp3) is 0.286. The van der Waals surface area contributed by atoms with Crippen LogP contribution in [0.2, 0.25) is 0 Å². The van der Waals surface area contributed by atoms with Crippen molar-refractivity contribution in [3.8, 4) is 5.75 Å². The van der Waals surface area contributed by atoms with Gasteiger partial charge in [0, 0.05) is 30.6 Å². The first kappa shape index (κ1) is 12.4. The van der Waals surface area contributed by atoms with Crippen LogP contribution in [0.25, 0.3) is 0 Å². The Kier molecular flexibility index (Phi) is 3.46. The van der Waals surface area contributed by atoms with Crippen molar-refractivity contribution in [3.63, 3.8) is 0 Å². The minimum atomic E-state index is 0.687. The van der Waals surface area contributed by atoms with E-state index in [0.29, 0.717) is 12.2 Å². The molecule has 2 rings (SSSR count). The van der Waals surface area contributed by atoms with Crippen molar-refractivity contribution in [1.82, 2.24) is 0 Å². The minimum absolute atomic E-state index is 0.687. The number of aryl methyl sites for hydroxylation is 1. The third kappa shape index (κ3) is 2.77. The molecule has 4 nitrogen and oxygen atoms in total. The summed E-state index contributed by atoms with van der Waals surface area (Å²) >= 11 is 0. The lowest BCUT2D eigenvalue weighted by molar-refractivity contribution is 0.415. The highest BCUT2D eigenvalue weighted by atomic mass is 16.5. The van der Waals surface area contributed by atoms with Crippen molar-refractivity contribution in [3.05, 3.63) is 41.9 Å². The largest absolute Gasteiger partial charge is 0.497 e. The molecule has 0 saturated carbocycles. The maximum absolute atomic E-state index is 5.84. The minimum Gasteiger partial charge on any atom is -0.497 e. The van der Waals surface area contributed by atoms with Gasteiger partial charge in [0.05, 0.1) is 13.7 Å². The summed E-state index contributed by atoms with van der Waals surface area (Å²) in [7, 11) is 3.63. The second kappa shape index (κ2) is 5.04. The van der Waals surface area contributed by atoms with Gasteiger partial charge in [-0.2, -0.15) is 0 Å². The lowest BCUT2D eigenvalue weighted by atomic mass is 10.2. The van der Waals surface area contributed by atoms with E-state index in [-0.39, 0.29) is 0 Å². The SMILES string of the molecule is COc1cc(N)cc(N(C)Cc2ccc(C)o2)c1. The lowest BCUT2D eigenvalue weighted by Crippen LogP contribution is -2.16. The van der Waals surface area contributed by atoms with E-state index in [1.54, 1.807) is 13.2 Å². The van der Waals surface area contributed by atoms with Gasteiger partial charge in [0.25, 0.3) is 0 Å². The van der Waals surface area contributed by atoms with Crippen LogP contribution in [0.5, 0.6) is 5.75 Å². The summed E-state index contributed by atoms with van der Waals surface area (Å²) in [6.45, 7) is 2.63. The average Bonchev–Trinajstić information content (AvgIpc) is 2.73. The van der Waals surface area contributed by atoms with Crippen LogP contribution in [0.3, 0.4) is 0 Å². The molecule has 4 heteroatoms. The van der Waals surface area contributed by atoms with Crippen LogP contribution in [0.4, 0.5) is 11.4 Å². The third-order valence-corrected chi connectivity index (χ3v) is 2.78. The highest BCUT2D eigenvalue weighted by Gasteiger charge is 2.07. The number of benzene rings is 1. The summed E-state index contributed by atoms with van der Waals surface area (Å²) in [5.41, 5.74) is 7.53. The van der Waals surface area contributed by atoms with Crippen LogP contribution in [0.1, 0.15) is 11.5 Å². The van der Waals surface area contributed by atoms with Gasteiger partial charge < -0.3 is 19.8 Å². The monoisotopic (exact) mass is 246 g/mol. The summed E-state index contributed by atoms with van der Waals surface area (Å²) in [6, 6.07) is 9.61. The summed E-state index contributed by atoms with van der Waals surface area (Å²) in [5.74, 6) is 2.60. The predicted octanol–water partition coefficient (Wildman–Crippen LogP) is 2.82. The molecular weight excluding hydrogens is 228 g/mol. The number of anilines is 2. The van der Waals surface area contributed by atoms with E-state index in [1.165, 1.54) is 0 Å². The zero-order valence-electron chi connectivity index (χ0n) is 10.9. The fourth-order valence-corrected chi connectivity index (χ4v) is 1.84. The second-order valence-electron chi connectivity index (χ2n) is 4.33. The number of ether oxygens (including phenoxy) is 1. The van der Waals surface area contributed by atoms with E-state index in [2.05, 4.69) is 4.90 Å². The standard InChI is InChI=1S/C14H18N2O2/c1-10-4-5-13(18-10)9-16(2)12-6-11(15)7-14(8-12)17-3/h4-8H,9,15H2,1-3H3. The van der Waals surface area contributed by atoms with Gasteiger partial charge in [-0.05, 0) is 25.1 Å². The van der Waals surface area contributed by atoms with E-state index in [0.717, 1.165) is 23.0 Å². The number of rotatable bonds is 4. The number of methoxy groups -OCH3 is 1. The molecule has 0 radical (unpaired) electrons. The molecule has 0 aliphatic carbocycles. The van der Waals surface area contributed by atoms with Gasteiger partial charge in [-0.1, -0.05) is 0 Å². The van der Waals surface area contributed by atoms with E-state index >= 15 is 0 Å². The molecule has 0 bridgehead atoms. The van der Waals surface area contributed by atoms with Crippen molar-refractivity contribution in [2.24, 2.45) is 0 Å². The van der Waals surface area contributed by atoms with Gasteiger partial charge in [0.15, 0.2) is 0 Å². The fourth-order valence-electron chi connectivity index (χ4n) is 1.84. The Labute approximate surface area is 107 Å². The second-order valence-corrected chi connectivity index (χ2v) is 4.33. The normalized spacial score (nSPS) is 10.4. The highest BCUT2D eigenvalue weighted by molar-refractivity contribution is 5.60. The van der Waals surface area contributed by atoms with Crippen molar-refractivity contribution < 1.29 is 9.15 Å². The molecule has 0 atom stereocenters. The molecule has 0 aliphatic rings. The van der Waals surface area contributed by atoms with Crippen LogP contribution in [-0.2, 0) is 6.54 Å². The number of furan rings is 1. The molecule has 1 aromatic heterocycles. The van der Waals surface area contributed by atoms with Gasteiger partial charge in [-0.25, -0.2) is 0 Å². The van der Waals surface area contributed by atoms with Crippen molar-refractivity contribution in [1.29, 1.82) is 0 Å². The quantitative estimate of drug-likeness (QED) is 0.843. The zero-order valence-corrected chi connectivity index (χ0v) is 10.9. The van der Waals surface area contributed by atoms with Gasteiger partial charge in [-0.3, -0.25) is 0 Å². The van der Waals surface area contributed by atoms with Crippen LogP contribution in [0.15, 0.2) is 34.7 Å². The molecule has 0 spiro atoms. The summed E-state index contributed by atoms with van der Waals surface area (Å²) in [5, 5.41) is 0. The third-order valence-electron chi connectivity index (χ3n) is 2.78. The van der Waals surface area contributed by atoms with Crippen LogP contribution in [0, 0.1) is 6.92 Å². The summed E-state index contributed by atoms with van der Waals surface area (Å²) in [6.07, 6.45) is 0. The first-order chi connectivity index (χ1) is 8.58. The first-order valence-electron chi connectivity index (χ1n) is 5.79. The molecule has 2 aromatic rings. The van der Waals surface area contributed by atoms with E-state index in [9.17, 15) is 0 Å². The van der Waals surface area contributed by atoms with Crippen molar-refractivity contribution in [2.75, 3.05) is 24.8 Å². The summed E-state index contributed by atoms with van der Waals surface area (Å²) < 4.78 is 10.8. The average molecular weight is 246 g/mol. The maximum atomic E-state index is 5.84. The van der Waals surface area contributed by atoms with Gasteiger partial charge in [0.1, 0.15) is 17.3 Å². The lowest BCUT2D eigenvalue weighted by Gasteiger charge is -2.19. The smallest absolute Gasteiger partial charge is 0.123 e. The van der Waals surface area contributed by atoms with Gasteiger partial charge >= 0.3 is 0 Å². The predicted molar refractivity (Wildman–Crippen MR) is 73.0 cm³/mol. The van der Waals surface area contributed by atoms with E-state index in [4.69, 9.17) is 14.9 Å². The Bertz CT molecular complexity index is 534. The van der Waals surface area contributed by atoms with Gasteiger partial charge in [-0.15, -0.1) is 0 Å². The Morgan fingerprint density at radius 1 is 1.28 bits per heavy atom. The first-order valence-corrected chi connectivity index (χ1v) is 5.79. The molecule has 0 fully saturated rings. The molecule has 0 aliphatic heterocycles. The van der Waals surface area contributed by atoms with Gasteiger partial charge in [0.2, 0.25) is 0 Å². The van der Waals surface area contributed by atoms with E-state index < -0.39 is 0 Å². The number of hydrogen-bond acceptors (Lipinski definition) is 4. The van der Waals surface area contributed by atoms with Crippen LogP contribution >= 0.6 is 0 Å². The highest BCUT2D eigenvalue weighted by Crippen LogP contribution is 2.25. The molecule has 1 heterocycles. The molecule has 0 amide bonds.